The Bertz CT molecular complexity index is 1070. The Kier molecular flexibility index (Phi) is 6.94. The van der Waals surface area contributed by atoms with Crippen molar-refractivity contribution < 1.29 is 18.3 Å². The van der Waals surface area contributed by atoms with E-state index in [0.717, 1.165) is 12.8 Å². The third kappa shape index (κ3) is 5.58. The fourth-order valence-corrected chi connectivity index (χ4v) is 4.03. The first kappa shape index (κ1) is 24.2. The Balaban J connectivity index is 1.41. The molecule has 34 heavy (non-hydrogen) atoms. The van der Waals surface area contributed by atoms with Gasteiger partial charge < -0.3 is 20.8 Å². The minimum absolute atomic E-state index is 0.0500. The zero-order valence-corrected chi connectivity index (χ0v) is 19.3. The topological polar surface area (TPSA) is 126 Å². The molecule has 0 aromatic carbocycles. The molecule has 4 N–H and O–H groups in total. The number of H-pyrrole nitrogens is 1. The summed E-state index contributed by atoms with van der Waals surface area (Å²) in [4.78, 5) is 29.0. The van der Waals surface area contributed by atoms with Crippen molar-refractivity contribution in [2.75, 3.05) is 25.0 Å². The number of likely N-dealkylation sites (tertiary alicyclic amines) is 1. The molecule has 3 heterocycles. The summed E-state index contributed by atoms with van der Waals surface area (Å²) < 4.78 is 35.2. The van der Waals surface area contributed by atoms with E-state index in [1.165, 1.54) is 12.3 Å². The average molecular weight is 477 g/mol. The lowest BCUT2D eigenvalue weighted by atomic mass is 9.86. The number of nitrogens with zero attached hydrogens (tertiary/aromatic N) is 3. The second-order valence-corrected chi connectivity index (χ2v) is 9.24. The first-order valence-corrected chi connectivity index (χ1v) is 11.5. The molecule has 3 unspecified atom stereocenters. The number of aromatic amines is 1. The number of halogens is 2. The average Bonchev–Trinajstić information content (AvgIpc) is 3.63. The maximum absolute atomic E-state index is 14.8. The van der Waals surface area contributed by atoms with Crippen LogP contribution in [0.2, 0.25) is 0 Å². The van der Waals surface area contributed by atoms with Gasteiger partial charge in [-0.3, -0.25) is 14.5 Å². The normalized spacial score (nSPS) is 22.1. The van der Waals surface area contributed by atoms with E-state index in [1.807, 2.05) is 0 Å². The molecule has 3 atom stereocenters. The van der Waals surface area contributed by atoms with Gasteiger partial charge in [0.05, 0.1) is 18.6 Å². The standard InChI is InChI=1S/C23H30F2N6O3/c1-13(26)17-9-16(10-27-22(17)33)18-11-31(8-7-23(18,24)25)14(2)21(32)28-19-5-6-20(30-29-19)34-12-15-3-4-15/h5-6,9-10,13-15,18H,3-4,7-8,11-12,26H2,1-2H3,(H,27,33)(H,28,29,32). The lowest BCUT2D eigenvalue weighted by molar-refractivity contribution is -0.125. The number of alkyl halides is 2. The number of nitrogens with two attached hydrogens (primary N) is 1. The van der Waals surface area contributed by atoms with E-state index in [9.17, 15) is 18.4 Å². The van der Waals surface area contributed by atoms with Gasteiger partial charge in [-0.2, -0.15) is 0 Å². The molecular weight excluding hydrogens is 446 g/mol. The Hall–Kier alpha value is -2.92. The van der Waals surface area contributed by atoms with Gasteiger partial charge in [-0.05, 0) is 50.3 Å². The van der Waals surface area contributed by atoms with Crippen molar-refractivity contribution in [1.82, 2.24) is 20.1 Å². The molecule has 2 aromatic heterocycles. The number of anilines is 1. The summed E-state index contributed by atoms with van der Waals surface area (Å²) in [5, 5.41) is 10.6. The number of amides is 1. The monoisotopic (exact) mass is 476 g/mol. The van der Waals surface area contributed by atoms with E-state index in [1.54, 1.807) is 30.9 Å². The fourth-order valence-electron chi connectivity index (χ4n) is 4.03. The van der Waals surface area contributed by atoms with Gasteiger partial charge in [0.1, 0.15) is 0 Å². The third-order valence-electron chi connectivity index (χ3n) is 6.49. The molecule has 9 nitrogen and oxygen atoms in total. The predicted octanol–water partition coefficient (Wildman–Crippen LogP) is 2.43. The number of pyridine rings is 1. The fraction of sp³-hybridized carbons (Fsp3) is 0.565. The number of rotatable bonds is 8. The molecule has 2 aromatic rings. The minimum atomic E-state index is -2.98. The smallest absolute Gasteiger partial charge is 0.257 e. The van der Waals surface area contributed by atoms with Crippen LogP contribution in [0.1, 0.15) is 56.2 Å². The van der Waals surface area contributed by atoms with Crippen LogP contribution in [0, 0.1) is 5.92 Å². The first-order valence-electron chi connectivity index (χ1n) is 11.5. The molecule has 11 heteroatoms. The van der Waals surface area contributed by atoms with E-state index in [4.69, 9.17) is 10.5 Å². The molecule has 0 spiro atoms. The molecule has 1 aliphatic carbocycles. The van der Waals surface area contributed by atoms with Crippen LogP contribution >= 0.6 is 0 Å². The molecule has 1 aliphatic heterocycles. The van der Waals surface area contributed by atoms with Crippen molar-refractivity contribution in [2.45, 2.75) is 57.0 Å². The summed E-state index contributed by atoms with van der Waals surface area (Å²) in [7, 11) is 0. The van der Waals surface area contributed by atoms with Gasteiger partial charge in [0.15, 0.2) is 5.82 Å². The summed E-state index contributed by atoms with van der Waals surface area (Å²) in [6.45, 7) is 3.91. The van der Waals surface area contributed by atoms with E-state index in [-0.39, 0.29) is 30.4 Å². The van der Waals surface area contributed by atoms with Crippen LogP contribution in [0.5, 0.6) is 5.88 Å². The summed E-state index contributed by atoms with van der Waals surface area (Å²) in [5.41, 5.74) is 5.97. The molecule has 2 aliphatic rings. The van der Waals surface area contributed by atoms with Crippen molar-refractivity contribution >= 4 is 11.7 Å². The number of piperidine rings is 1. The molecule has 1 saturated carbocycles. The van der Waals surface area contributed by atoms with Crippen LogP contribution < -0.4 is 21.3 Å². The predicted molar refractivity (Wildman–Crippen MR) is 122 cm³/mol. The molecular formula is C23H30F2N6O3. The quantitative estimate of drug-likeness (QED) is 0.534. The maximum Gasteiger partial charge on any atom is 0.257 e. The summed E-state index contributed by atoms with van der Waals surface area (Å²) in [6, 6.07) is 3.41. The van der Waals surface area contributed by atoms with Crippen LogP contribution in [-0.2, 0) is 4.79 Å². The van der Waals surface area contributed by atoms with Crippen LogP contribution in [0.15, 0.2) is 29.2 Å². The zero-order chi connectivity index (χ0) is 24.5. The van der Waals surface area contributed by atoms with E-state index >= 15 is 0 Å². The van der Waals surface area contributed by atoms with Gasteiger partial charge in [-0.15, -0.1) is 10.2 Å². The molecule has 0 radical (unpaired) electrons. The van der Waals surface area contributed by atoms with Crippen LogP contribution in [-0.4, -0.2) is 57.6 Å². The lowest BCUT2D eigenvalue weighted by Crippen LogP contribution is -2.52. The lowest BCUT2D eigenvalue weighted by Gasteiger charge is -2.40. The van der Waals surface area contributed by atoms with Gasteiger partial charge in [-0.25, -0.2) is 8.78 Å². The second-order valence-electron chi connectivity index (χ2n) is 9.24. The Morgan fingerprint density at radius 3 is 2.76 bits per heavy atom. The van der Waals surface area contributed by atoms with E-state index in [2.05, 4.69) is 20.5 Å². The third-order valence-corrected chi connectivity index (χ3v) is 6.49. The van der Waals surface area contributed by atoms with Gasteiger partial charge in [0, 0.05) is 43.4 Å². The number of hydrogen-bond acceptors (Lipinski definition) is 7. The first-order chi connectivity index (χ1) is 16.1. The number of ether oxygens (including phenoxy) is 1. The van der Waals surface area contributed by atoms with Crippen LogP contribution in [0.3, 0.4) is 0 Å². The van der Waals surface area contributed by atoms with Gasteiger partial charge in [-0.1, -0.05) is 0 Å². The van der Waals surface area contributed by atoms with Crippen LogP contribution in [0.25, 0.3) is 0 Å². The molecule has 1 saturated heterocycles. The van der Waals surface area contributed by atoms with E-state index < -0.39 is 35.9 Å². The minimum Gasteiger partial charge on any atom is -0.476 e. The van der Waals surface area contributed by atoms with Crippen molar-refractivity contribution in [3.63, 3.8) is 0 Å². The highest BCUT2D eigenvalue weighted by molar-refractivity contribution is 5.93. The number of aromatic nitrogens is 3. The number of nitrogens with one attached hydrogen (secondary N) is 2. The SMILES string of the molecule is CC(N)c1cc(C2CN(C(C)C(=O)Nc3ccc(OCC4CC4)nn3)CCC2(F)F)c[nH]c1=O. The van der Waals surface area contributed by atoms with Crippen molar-refractivity contribution in [3.8, 4) is 5.88 Å². The van der Waals surface area contributed by atoms with Gasteiger partial charge >= 0.3 is 0 Å². The highest BCUT2D eigenvalue weighted by Gasteiger charge is 2.46. The molecule has 2 fully saturated rings. The van der Waals surface area contributed by atoms with E-state index in [0.29, 0.717) is 24.0 Å². The summed E-state index contributed by atoms with van der Waals surface area (Å²) in [5.74, 6) is -3.30. The number of carbonyl (C=O) groups is 1. The van der Waals surface area contributed by atoms with Crippen molar-refractivity contribution in [3.05, 3.63) is 45.9 Å². The largest absolute Gasteiger partial charge is 0.476 e. The molecule has 4 rings (SSSR count). The maximum atomic E-state index is 14.8. The second kappa shape index (κ2) is 9.75. The van der Waals surface area contributed by atoms with Crippen LogP contribution in [0.4, 0.5) is 14.6 Å². The summed E-state index contributed by atoms with van der Waals surface area (Å²) in [6.07, 6.45) is 3.23. The number of hydrogen-bond donors (Lipinski definition) is 3. The summed E-state index contributed by atoms with van der Waals surface area (Å²) >= 11 is 0. The Morgan fingerprint density at radius 2 is 2.12 bits per heavy atom. The Morgan fingerprint density at radius 1 is 1.35 bits per heavy atom. The highest BCUT2D eigenvalue weighted by atomic mass is 19.3. The highest BCUT2D eigenvalue weighted by Crippen LogP contribution is 2.41. The zero-order valence-electron chi connectivity index (χ0n) is 19.3. The molecule has 0 bridgehead atoms. The van der Waals surface area contributed by atoms with Gasteiger partial charge in [0.2, 0.25) is 11.8 Å². The van der Waals surface area contributed by atoms with Crippen molar-refractivity contribution in [2.24, 2.45) is 11.7 Å². The van der Waals surface area contributed by atoms with Gasteiger partial charge in [0.25, 0.3) is 11.5 Å². The molecule has 184 valence electrons. The Labute approximate surface area is 196 Å². The number of carbonyl (C=O) groups excluding carboxylic acids is 1. The molecule has 1 amide bonds. The van der Waals surface area contributed by atoms with Crippen molar-refractivity contribution in [1.29, 1.82) is 0 Å².